The molecule has 1 amide bonds. The average molecular weight is 443 g/mol. The summed E-state index contributed by atoms with van der Waals surface area (Å²) in [5.41, 5.74) is 2.54. The lowest BCUT2D eigenvalue weighted by molar-refractivity contribution is -0.192. The molecular formula is C21H28F3N3O4. The van der Waals surface area contributed by atoms with Gasteiger partial charge < -0.3 is 14.7 Å². The Morgan fingerprint density at radius 1 is 1.19 bits per heavy atom. The first-order chi connectivity index (χ1) is 14.6. The van der Waals surface area contributed by atoms with Crippen LogP contribution in [0.3, 0.4) is 0 Å². The van der Waals surface area contributed by atoms with Gasteiger partial charge in [0.25, 0.3) is 0 Å². The van der Waals surface area contributed by atoms with Gasteiger partial charge in [0.1, 0.15) is 0 Å². The Morgan fingerprint density at radius 2 is 1.81 bits per heavy atom. The number of halogens is 3. The van der Waals surface area contributed by atoms with E-state index in [1.54, 1.807) is 0 Å². The Kier molecular flexibility index (Phi) is 7.20. The molecule has 1 N–H and O–H groups in total. The number of hydrogen-bond donors (Lipinski definition) is 1. The van der Waals surface area contributed by atoms with Gasteiger partial charge >= 0.3 is 12.1 Å². The monoisotopic (exact) mass is 443 g/mol. The van der Waals surface area contributed by atoms with Crippen molar-refractivity contribution in [2.75, 3.05) is 39.4 Å². The van der Waals surface area contributed by atoms with Gasteiger partial charge in [0, 0.05) is 31.2 Å². The minimum atomic E-state index is -5.08. The molecule has 3 aliphatic rings. The highest BCUT2D eigenvalue weighted by atomic mass is 19.4. The van der Waals surface area contributed by atoms with E-state index in [0.29, 0.717) is 24.5 Å². The van der Waals surface area contributed by atoms with E-state index < -0.39 is 12.1 Å². The number of aliphatic carboxylic acids is 1. The van der Waals surface area contributed by atoms with Crippen molar-refractivity contribution in [2.45, 2.75) is 38.9 Å². The maximum absolute atomic E-state index is 12.7. The second-order valence-electron chi connectivity index (χ2n) is 8.41. The van der Waals surface area contributed by atoms with Crippen LogP contribution in [0, 0.1) is 18.3 Å². The molecule has 2 saturated heterocycles. The number of aromatic nitrogens is 1. The van der Waals surface area contributed by atoms with E-state index in [9.17, 15) is 18.0 Å². The highest BCUT2D eigenvalue weighted by Gasteiger charge is 2.59. The van der Waals surface area contributed by atoms with Crippen LogP contribution in [0.5, 0.6) is 0 Å². The quantitative estimate of drug-likeness (QED) is 0.773. The maximum Gasteiger partial charge on any atom is 0.490 e. The van der Waals surface area contributed by atoms with Crippen molar-refractivity contribution in [2.24, 2.45) is 11.3 Å². The van der Waals surface area contributed by atoms with Crippen molar-refractivity contribution in [1.82, 2.24) is 14.8 Å². The van der Waals surface area contributed by atoms with E-state index in [2.05, 4.69) is 22.0 Å². The van der Waals surface area contributed by atoms with Crippen LogP contribution in [0.15, 0.2) is 18.2 Å². The fourth-order valence-electron chi connectivity index (χ4n) is 4.33. The van der Waals surface area contributed by atoms with Crippen molar-refractivity contribution in [3.8, 4) is 0 Å². The van der Waals surface area contributed by atoms with Crippen LogP contribution in [0.1, 0.15) is 30.7 Å². The number of morpholine rings is 1. The number of piperidine rings is 1. The first-order valence-electron chi connectivity index (χ1n) is 10.4. The normalized spacial score (nSPS) is 23.1. The molecule has 31 heavy (non-hydrogen) atoms. The largest absolute Gasteiger partial charge is 0.490 e. The molecule has 1 aliphatic carbocycles. The third-order valence-electron chi connectivity index (χ3n) is 6.24. The van der Waals surface area contributed by atoms with E-state index in [-0.39, 0.29) is 5.92 Å². The molecule has 0 aromatic carbocycles. The second kappa shape index (κ2) is 9.52. The van der Waals surface area contributed by atoms with E-state index in [4.69, 9.17) is 14.6 Å². The Bertz CT molecular complexity index is 788. The SMILES string of the molecule is Cc1cccc(CN2CCC3(CC2)CC3C(=O)N2CCOCC2)n1.O=C(O)C(F)(F)F. The minimum Gasteiger partial charge on any atom is -0.475 e. The summed E-state index contributed by atoms with van der Waals surface area (Å²) in [5, 5.41) is 7.12. The number of nitrogens with zero attached hydrogens (tertiary/aromatic N) is 3. The van der Waals surface area contributed by atoms with Gasteiger partial charge in [0.15, 0.2) is 0 Å². The van der Waals surface area contributed by atoms with Crippen LogP contribution in [0.4, 0.5) is 13.2 Å². The predicted molar refractivity (Wildman–Crippen MR) is 105 cm³/mol. The van der Waals surface area contributed by atoms with Gasteiger partial charge in [-0.2, -0.15) is 13.2 Å². The lowest BCUT2D eigenvalue weighted by Crippen LogP contribution is -2.43. The fourth-order valence-corrected chi connectivity index (χ4v) is 4.33. The number of pyridine rings is 1. The first-order valence-corrected chi connectivity index (χ1v) is 10.4. The summed E-state index contributed by atoms with van der Waals surface area (Å²) in [5.74, 6) is -2.10. The van der Waals surface area contributed by atoms with Crippen molar-refractivity contribution in [3.63, 3.8) is 0 Å². The molecule has 1 saturated carbocycles. The number of likely N-dealkylation sites (tertiary alicyclic amines) is 1. The zero-order chi connectivity index (χ0) is 22.6. The molecule has 0 radical (unpaired) electrons. The predicted octanol–water partition coefficient (Wildman–Crippen LogP) is 2.48. The van der Waals surface area contributed by atoms with E-state index in [1.165, 1.54) is 0 Å². The molecule has 172 valence electrons. The van der Waals surface area contributed by atoms with Crippen LogP contribution in [0.2, 0.25) is 0 Å². The number of hydrogen-bond acceptors (Lipinski definition) is 5. The zero-order valence-corrected chi connectivity index (χ0v) is 17.5. The summed E-state index contributed by atoms with van der Waals surface area (Å²) in [6, 6.07) is 6.24. The number of alkyl halides is 3. The summed E-state index contributed by atoms with van der Waals surface area (Å²) >= 11 is 0. The number of carboxylic acids is 1. The molecule has 4 rings (SSSR count). The van der Waals surface area contributed by atoms with Gasteiger partial charge in [0.2, 0.25) is 5.91 Å². The van der Waals surface area contributed by atoms with Gasteiger partial charge in [-0.1, -0.05) is 6.07 Å². The summed E-state index contributed by atoms with van der Waals surface area (Å²) in [7, 11) is 0. The van der Waals surface area contributed by atoms with Crippen LogP contribution in [0.25, 0.3) is 0 Å². The number of carbonyl (C=O) groups is 2. The molecule has 3 fully saturated rings. The number of rotatable bonds is 3. The Balaban J connectivity index is 0.000000339. The molecule has 10 heteroatoms. The number of aryl methyl sites for hydroxylation is 1. The van der Waals surface area contributed by atoms with Crippen molar-refractivity contribution < 1.29 is 32.6 Å². The number of amides is 1. The topological polar surface area (TPSA) is 83.0 Å². The maximum atomic E-state index is 12.7. The molecular weight excluding hydrogens is 415 g/mol. The molecule has 1 atom stereocenters. The van der Waals surface area contributed by atoms with Crippen LogP contribution in [-0.2, 0) is 20.9 Å². The molecule has 7 nitrogen and oxygen atoms in total. The second-order valence-corrected chi connectivity index (χ2v) is 8.41. The molecule has 3 heterocycles. The van der Waals surface area contributed by atoms with Crippen LogP contribution >= 0.6 is 0 Å². The number of carbonyl (C=O) groups excluding carboxylic acids is 1. The highest BCUT2D eigenvalue weighted by Crippen LogP contribution is 2.60. The van der Waals surface area contributed by atoms with E-state index >= 15 is 0 Å². The molecule has 2 aliphatic heterocycles. The van der Waals surface area contributed by atoms with Crippen LogP contribution in [-0.4, -0.2) is 77.3 Å². The standard InChI is InChI=1S/C19H27N3O2.C2HF3O2/c1-15-3-2-4-16(20-15)14-21-7-5-19(6-8-21)13-17(19)18(23)22-9-11-24-12-10-22;3-2(4,5)1(6)7/h2-4,17H,5-14H2,1H3;(H,6,7). The van der Waals surface area contributed by atoms with E-state index in [0.717, 1.165) is 63.4 Å². The lowest BCUT2D eigenvalue weighted by atomic mass is 9.90. The fraction of sp³-hybridized carbons (Fsp3) is 0.667. The van der Waals surface area contributed by atoms with Gasteiger partial charge in [-0.25, -0.2) is 4.79 Å². The lowest BCUT2D eigenvalue weighted by Gasteiger charge is -2.33. The van der Waals surface area contributed by atoms with Gasteiger partial charge in [-0.05, 0) is 56.8 Å². The van der Waals surface area contributed by atoms with Gasteiger partial charge in [-0.15, -0.1) is 0 Å². The van der Waals surface area contributed by atoms with Crippen molar-refractivity contribution in [3.05, 3.63) is 29.6 Å². The summed E-state index contributed by atoms with van der Waals surface area (Å²) in [6.07, 6.45) is -1.68. The summed E-state index contributed by atoms with van der Waals surface area (Å²) < 4.78 is 37.1. The summed E-state index contributed by atoms with van der Waals surface area (Å²) in [6.45, 7) is 8.09. The third-order valence-corrected chi connectivity index (χ3v) is 6.24. The molecule has 1 spiro atoms. The minimum absolute atomic E-state index is 0.273. The summed E-state index contributed by atoms with van der Waals surface area (Å²) in [4.78, 5) is 30.7. The molecule has 1 unspecified atom stereocenters. The number of ether oxygens (including phenoxy) is 1. The third kappa shape index (κ3) is 6.16. The van der Waals surface area contributed by atoms with Gasteiger partial charge in [-0.3, -0.25) is 14.7 Å². The van der Waals surface area contributed by atoms with Crippen molar-refractivity contribution in [1.29, 1.82) is 0 Å². The molecule has 1 aromatic rings. The van der Waals surface area contributed by atoms with Crippen molar-refractivity contribution >= 4 is 11.9 Å². The molecule has 0 bridgehead atoms. The Hall–Kier alpha value is -2.20. The average Bonchev–Trinajstić information content (AvgIpc) is 3.43. The zero-order valence-electron chi connectivity index (χ0n) is 17.5. The van der Waals surface area contributed by atoms with Gasteiger partial charge in [0.05, 0.1) is 18.9 Å². The van der Waals surface area contributed by atoms with Crippen LogP contribution < -0.4 is 0 Å². The first kappa shape index (κ1) is 23.5. The smallest absolute Gasteiger partial charge is 0.475 e. The number of carboxylic acid groups (broad SMARTS) is 1. The Morgan fingerprint density at radius 3 is 2.35 bits per heavy atom. The Labute approximate surface area is 179 Å². The highest BCUT2D eigenvalue weighted by molar-refractivity contribution is 5.82. The molecule has 1 aromatic heterocycles. The van der Waals surface area contributed by atoms with E-state index in [1.807, 2.05) is 17.9 Å².